The van der Waals surface area contributed by atoms with E-state index in [0.29, 0.717) is 25.9 Å². The first-order chi connectivity index (χ1) is 14.0. The highest BCUT2D eigenvalue weighted by molar-refractivity contribution is 7.89. The normalized spacial score (nSPS) is 21.9. The van der Waals surface area contributed by atoms with E-state index in [1.54, 1.807) is 30.3 Å². The van der Waals surface area contributed by atoms with Crippen LogP contribution in [0.25, 0.3) is 0 Å². The van der Waals surface area contributed by atoms with Gasteiger partial charge >= 0.3 is 0 Å². The first-order valence-electron chi connectivity index (χ1n) is 10.4. The number of rotatable bonds is 6. The Kier molecular flexibility index (Phi) is 5.74. The van der Waals surface area contributed by atoms with Crippen molar-refractivity contribution >= 4 is 15.9 Å². The van der Waals surface area contributed by atoms with Gasteiger partial charge in [0, 0.05) is 18.5 Å². The monoisotopic (exact) mass is 412 g/mol. The summed E-state index contributed by atoms with van der Waals surface area (Å²) >= 11 is 0. The smallest absolute Gasteiger partial charge is 0.243 e. The van der Waals surface area contributed by atoms with Gasteiger partial charge in [0.15, 0.2) is 0 Å². The second-order valence-electron chi connectivity index (χ2n) is 8.16. The van der Waals surface area contributed by atoms with Gasteiger partial charge < -0.3 is 5.32 Å². The number of sulfonamides is 1. The van der Waals surface area contributed by atoms with Crippen LogP contribution in [0, 0.1) is 0 Å². The van der Waals surface area contributed by atoms with Gasteiger partial charge in [0.2, 0.25) is 15.9 Å². The molecule has 29 heavy (non-hydrogen) atoms. The van der Waals surface area contributed by atoms with Gasteiger partial charge in [-0.05, 0) is 43.4 Å². The van der Waals surface area contributed by atoms with E-state index in [1.807, 2.05) is 18.2 Å². The van der Waals surface area contributed by atoms with E-state index in [2.05, 4.69) is 17.4 Å². The van der Waals surface area contributed by atoms with Gasteiger partial charge in [-0.2, -0.15) is 4.31 Å². The fourth-order valence-corrected chi connectivity index (χ4v) is 6.48. The van der Waals surface area contributed by atoms with Crippen molar-refractivity contribution in [2.45, 2.75) is 54.9 Å². The average molecular weight is 413 g/mol. The summed E-state index contributed by atoms with van der Waals surface area (Å²) in [5, 5.41) is 3.11. The second-order valence-corrected chi connectivity index (χ2v) is 10.0. The van der Waals surface area contributed by atoms with Crippen LogP contribution < -0.4 is 5.32 Å². The minimum atomic E-state index is -3.67. The van der Waals surface area contributed by atoms with Crippen LogP contribution in [0.4, 0.5) is 0 Å². The predicted octanol–water partition coefficient (Wildman–Crippen LogP) is 3.47. The standard InChI is InChI=1S/C23H28N2O3S/c26-22(24-18-23(15-7-8-16-23)19-10-3-1-4-11-19)21-14-9-17-25(21)29(27,28)20-12-5-2-6-13-20/h1-6,10-13,21H,7-9,14-18H2,(H,24,26). The van der Waals surface area contributed by atoms with Crippen molar-refractivity contribution < 1.29 is 13.2 Å². The largest absolute Gasteiger partial charge is 0.354 e. The first-order valence-corrected chi connectivity index (χ1v) is 11.9. The maximum absolute atomic E-state index is 13.0. The van der Waals surface area contributed by atoms with Crippen molar-refractivity contribution in [3.05, 3.63) is 66.2 Å². The molecule has 2 aromatic rings. The highest BCUT2D eigenvalue weighted by Gasteiger charge is 2.41. The lowest BCUT2D eigenvalue weighted by molar-refractivity contribution is -0.124. The molecule has 1 saturated heterocycles. The summed E-state index contributed by atoms with van der Waals surface area (Å²) < 4.78 is 27.5. The molecule has 1 unspecified atom stereocenters. The van der Waals surface area contributed by atoms with E-state index >= 15 is 0 Å². The molecule has 1 aliphatic carbocycles. The third kappa shape index (κ3) is 3.96. The Balaban J connectivity index is 1.49. The number of hydrogen-bond donors (Lipinski definition) is 1. The minimum Gasteiger partial charge on any atom is -0.354 e. The van der Waals surface area contributed by atoms with Gasteiger partial charge in [-0.1, -0.05) is 61.4 Å². The summed E-state index contributed by atoms with van der Waals surface area (Å²) in [6, 6.07) is 18.1. The van der Waals surface area contributed by atoms with Crippen molar-refractivity contribution in [1.82, 2.24) is 9.62 Å². The van der Waals surface area contributed by atoms with Crippen LogP contribution in [0.1, 0.15) is 44.1 Å². The van der Waals surface area contributed by atoms with Gasteiger partial charge in [0.05, 0.1) is 4.90 Å². The second kappa shape index (κ2) is 8.28. The van der Waals surface area contributed by atoms with E-state index in [9.17, 15) is 13.2 Å². The molecule has 0 radical (unpaired) electrons. The first kappa shape index (κ1) is 20.1. The molecule has 0 bridgehead atoms. The lowest BCUT2D eigenvalue weighted by Crippen LogP contribution is -2.49. The quantitative estimate of drug-likeness (QED) is 0.790. The van der Waals surface area contributed by atoms with E-state index in [4.69, 9.17) is 0 Å². The molecular weight excluding hydrogens is 384 g/mol. The van der Waals surface area contributed by atoms with Gasteiger partial charge in [0.1, 0.15) is 6.04 Å². The van der Waals surface area contributed by atoms with Gasteiger partial charge in [-0.3, -0.25) is 4.79 Å². The zero-order valence-electron chi connectivity index (χ0n) is 16.6. The molecule has 1 N–H and O–H groups in total. The molecule has 154 valence electrons. The van der Waals surface area contributed by atoms with Gasteiger partial charge in [-0.25, -0.2) is 8.42 Å². The van der Waals surface area contributed by atoms with E-state index in [1.165, 1.54) is 9.87 Å². The SMILES string of the molecule is O=C(NCC1(c2ccccc2)CCCC1)C1CCCN1S(=O)(=O)c1ccccc1. The van der Waals surface area contributed by atoms with Crippen LogP contribution in [-0.4, -0.2) is 37.8 Å². The summed E-state index contributed by atoms with van der Waals surface area (Å²) in [6.45, 7) is 0.949. The van der Waals surface area contributed by atoms with E-state index in [-0.39, 0.29) is 16.2 Å². The molecule has 1 atom stereocenters. The molecule has 0 aromatic heterocycles. The highest BCUT2D eigenvalue weighted by Crippen LogP contribution is 2.40. The number of nitrogens with zero attached hydrogens (tertiary/aromatic N) is 1. The zero-order valence-corrected chi connectivity index (χ0v) is 17.4. The number of carbonyl (C=O) groups is 1. The summed E-state index contributed by atoms with van der Waals surface area (Å²) in [4.78, 5) is 13.3. The Morgan fingerprint density at radius 2 is 1.59 bits per heavy atom. The Hall–Kier alpha value is -2.18. The molecular formula is C23H28N2O3S. The maximum atomic E-state index is 13.0. The van der Waals surface area contributed by atoms with Crippen LogP contribution in [0.3, 0.4) is 0 Å². The molecule has 5 nitrogen and oxygen atoms in total. The Morgan fingerprint density at radius 1 is 0.966 bits per heavy atom. The summed E-state index contributed by atoms with van der Waals surface area (Å²) in [7, 11) is -3.67. The van der Waals surface area contributed by atoms with Crippen LogP contribution in [-0.2, 0) is 20.2 Å². The molecule has 1 heterocycles. The minimum absolute atomic E-state index is 0.0430. The molecule has 1 amide bonds. The third-order valence-electron chi connectivity index (χ3n) is 6.40. The number of amides is 1. The Bertz CT molecular complexity index is 939. The van der Waals surface area contributed by atoms with Crippen molar-refractivity contribution in [3.63, 3.8) is 0 Å². The molecule has 1 saturated carbocycles. The summed E-state index contributed by atoms with van der Waals surface area (Å²) in [5.74, 6) is -0.177. The number of benzene rings is 2. The van der Waals surface area contributed by atoms with Crippen molar-refractivity contribution in [3.8, 4) is 0 Å². The van der Waals surface area contributed by atoms with Crippen molar-refractivity contribution in [1.29, 1.82) is 0 Å². The maximum Gasteiger partial charge on any atom is 0.243 e. The fraction of sp³-hybridized carbons (Fsp3) is 0.435. The molecule has 1 aliphatic heterocycles. The third-order valence-corrected chi connectivity index (χ3v) is 8.33. The topological polar surface area (TPSA) is 66.5 Å². The van der Waals surface area contributed by atoms with Crippen molar-refractivity contribution in [2.24, 2.45) is 0 Å². The summed E-state index contributed by atoms with van der Waals surface area (Å²) in [6.07, 6.45) is 5.68. The van der Waals surface area contributed by atoms with E-state index < -0.39 is 16.1 Å². The van der Waals surface area contributed by atoms with Crippen LogP contribution in [0.15, 0.2) is 65.6 Å². The Morgan fingerprint density at radius 3 is 2.24 bits per heavy atom. The fourth-order valence-electron chi connectivity index (χ4n) is 4.80. The molecule has 2 fully saturated rings. The summed E-state index contributed by atoms with van der Waals surface area (Å²) in [5.41, 5.74) is 1.22. The molecule has 0 spiro atoms. The van der Waals surface area contributed by atoms with E-state index in [0.717, 1.165) is 25.7 Å². The predicted molar refractivity (Wildman–Crippen MR) is 113 cm³/mol. The molecule has 2 aliphatic rings. The van der Waals surface area contributed by atoms with Crippen LogP contribution in [0.2, 0.25) is 0 Å². The van der Waals surface area contributed by atoms with Gasteiger partial charge in [-0.15, -0.1) is 0 Å². The molecule has 4 rings (SSSR count). The number of hydrogen-bond acceptors (Lipinski definition) is 3. The van der Waals surface area contributed by atoms with Crippen LogP contribution >= 0.6 is 0 Å². The molecule has 6 heteroatoms. The number of nitrogens with one attached hydrogen (secondary N) is 1. The van der Waals surface area contributed by atoms with Gasteiger partial charge in [0.25, 0.3) is 0 Å². The Labute approximate surface area is 173 Å². The average Bonchev–Trinajstić information content (AvgIpc) is 3.44. The molecule has 2 aromatic carbocycles. The number of carbonyl (C=O) groups excluding carboxylic acids is 1. The lowest BCUT2D eigenvalue weighted by atomic mass is 9.79. The van der Waals surface area contributed by atoms with Crippen LogP contribution in [0.5, 0.6) is 0 Å². The lowest BCUT2D eigenvalue weighted by Gasteiger charge is -2.31. The van der Waals surface area contributed by atoms with Crippen molar-refractivity contribution in [2.75, 3.05) is 13.1 Å². The zero-order chi connectivity index (χ0) is 20.3. The highest BCUT2D eigenvalue weighted by atomic mass is 32.2.